The minimum atomic E-state index is -2.01. The van der Waals surface area contributed by atoms with Crippen molar-refractivity contribution in [1.29, 1.82) is 0 Å². The number of aromatic amines is 2. The Morgan fingerprint density at radius 1 is 0.483 bits per heavy atom. The van der Waals surface area contributed by atoms with Crippen molar-refractivity contribution in [1.82, 2.24) is 52.5 Å². The number of primary amides is 1. The molecule has 0 bridgehead atoms. The number of hydrogen-bond donors (Lipinski definition) is 18. The molecule has 0 aliphatic heterocycles. The lowest BCUT2D eigenvalue weighted by Crippen LogP contribution is -2.61. The Morgan fingerprint density at radius 2 is 0.862 bits per heavy atom. The topological polar surface area (TPSA) is 497 Å². The molecule has 0 spiro atoms. The van der Waals surface area contributed by atoms with Crippen molar-refractivity contribution in [2.75, 3.05) is 18.8 Å². The number of nitrogens with two attached hydrogens (primary N) is 4. The molecule has 30 heteroatoms. The van der Waals surface area contributed by atoms with Crippen LogP contribution in [0.1, 0.15) is 102 Å². The number of para-hydroxylation sites is 2. The first-order valence-corrected chi connectivity index (χ1v) is 29.2. The number of carboxylic acids is 3. The molecule has 0 saturated carbocycles. The summed E-state index contributed by atoms with van der Waals surface area (Å²) in [4.78, 5) is 167. The number of aliphatic carboxylic acids is 3. The second kappa shape index (κ2) is 35.8. The van der Waals surface area contributed by atoms with Gasteiger partial charge in [-0.3, -0.25) is 52.7 Å². The van der Waals surface area contributed by atoms with E-state index in [1.54, 1.807) is 50.5 Å². The number of unbranched alkanes of at least 4 members (excludes halogenated alkanes) is 2. The van der Waals surface area contributed by atoms with Crippen LogP contribution in [-0.2, 0) is 70.4 Å². The summed E-state index contributed by atoms with van der Waals surface area (Å²) in [7, 11) is 0. The predicted octanol–water partition coefficient (Wildman–Crippen LogP) is -1.44. The molecule has 9 amide bonds. The number of benzene rings is 2. The van der Waals surface area contributed by atoms with E-state index in [1.807, 2.05) is 24.3 Å². The van der Waals surface area contributed by atoms with Crippen molar-refractivity contribution in [3.05, 3.63) is 72.1 Å². The molecule has 0 unspecified atom stereocenters. The average Bonchev–Trinajstić information content (AvgIpc) is 3.15. The van der Waals surface area contributed by atoms with Gasteiger partial charge in [-0.2, -0.15) is 12.6 Å². The molecule has 4 rings (SSSR count). The largest absolute Gasteiger partial charge is 0.481 e. The van der Waals surface area contributed by atoms with E-state index < -0.39 is 158 Å². The Kier molecular flexibility index (Phi) is 29.1. The van der Waals surface area contributed by atoms with Crippen LogP contribution < -0.4 is 65.5 Å². The number of carboxylic acid groups (broad SMARTS) is 3. The van der Waals surface area contributed by atoms with Crippen LogP contribution in [0.5, 0.6) is 0 Å². The highest BCUT2D eigenvalue weighted by atomic mass is 32.1. The van der Waals surface area contributed by atoms with Gasteiger partial charge >= 0.3 is 17.9 Å². The van der Waals surface area contributed by atoms with Gasteiger partial charge in [0, 0.05) is 65.6 Å². The highest BCUT2D eigenvalue weighted by molar-refractivity contribution is 7.80. The molecule has 29 nitrogen and oxygen atoms in total. The molecule has 2 aromatic carbocycles. The molecule has 0 saturated heterocycles. The molecule has 0 aliphatic rings. The van der Waals surface area contributed by atoms with Crippen molar-refractivity contribution >= 4 is 106 Å². The smallest absolute Gasteiger partial charge is 0.326 e. The van der Waals surface area contributed by atoms with E-state index in [2.05, 4.69) is 65.1 Å². The zero-order chi connectivity index (χ0) is 64.3. The van der Waals surface area contributed by atoms with E-state index in [0.29, 0.717) is 34.9 Å². The third-order valence-electron chi connectivity index (χ3n) is 14.1. The number of H-pyrrole nitrogens is 2. The van der Waals surface area contributed by atoms with E-state index in [-0.39, 0.29) is 69.7 Å². The van der Waals surface area contributed by atoms with E-state index in [9.17, 15) is 72.9 Å². The molecule has 0 radical (unpaired) electrons. The number of fused-ring (bicyclic) bond motifs is 2. The number of rotatable bonds is 40. The highest BCUT2D eigenvalue weighted by Gasteiger charge is 2.37. The first-order chi connectivity index (χ1) is 41.3. The van der Waals surface area contributed by atoms with Gasteiger partial charge in [0.1, 0.15) is 48.3 Å². The van der Waals surface area contributed by atoms with E-state index in [0.717, 1.165) is 10.9 Å². The number of carbonyl (C=O) groups excluding carboxylic acids is 9. The first-order valence-electron chi connectivity index (χ1n) is 28.6. The van der Waals surface area contributed by atoms with Gasteiger partial charge in [0.2, 0.25) is 53.2 Å². The molecule has 0 aliphatic carbocycles. The minimum Gasteiger partial charge on any atom is -0.481 e. The summed E-state index contributed by atoms with van der Waals surface area (Å²) in [5, 5.41) is 50.6. The zero-order valence-corrected chi connectivity index (χ0v) is 49.5. The quantitative estimate of drug-likeness (QED) is 0.0179. The van der Waals surface area contributed by atoms with E-state index >= 15 is 0 Å². The maximum atomic E-state index is 14.8. The summed E-state index contributed by atoms with van der Waals surface area (Å²) >= 11 is 4.14. The van der Waals surface area contributed by atoms with Crippen molar-refractivity contribution in [2.24, 2.45) is 28.9 Å². The third-order valence-corrected chi connectivity index (χ3v) is 14.5. The van der Waals surface area contributed by atoms with Crippen molar-refractivity contribution in [2.45, 2.75) is 158 Å². The molecule has 2 aromatic heterocycles. The summed E-state index contributed by atoms with van der Waals surface area (Å²) in [5.74, 6) is -13.6. The average molecular weight is 1240 g/mol. The van der Waals surface area contributed by atoms with Gasteiger partial charge in [-0.25, -0.2) is 4.79 Å². The summed E-state index contributed by atoms with van der Waals surface area (Å²) in [5.41, 5.74) is 25.4. The van der Waals surface area contributed by atoms with Crippen LogP contribution in [0, 0.1) is 5.92 Å². The molecule has 4 aromatic rings. The normalized spacial score (nSPS) is 14.4. The number of aromatic nitrogens is 2. The molecular weight excluding hydrogens is 1150 g/mol. The summed E-state index contributed by atoms with van der Waals surface area (Å²) in [6.45, 7) is 3.97. The SMILES string of the molecule is CC(C)C[C@H](NC(=O)[C@H](Cc1c[nH]c2ccccc12)NC(=O)[C@@H](N)CS)C(=O)N[C@@H](Cc1c[nH]c2ccccc12)C(=O)N[C@@H](CCCCN)C(=O)N[C@@H](CC(=O)O)C(=O)N[C@@H](CCC(N)=O)C(=O)N[C@@H](CCC(=O)O)C(=O)N[C@@H](CCCCN)C(=O)O. The Hall–Kier alpha value is -8.61. The van der Waals surface area contributed by atoms with Gasteiger partial charge < -0.3 is 90.8 Å². The molecule has 21 N–H and O–H groups in total. The van der Waals surface area contributed by atoms with Crippen LogP contribution in [0.3, 0.4) is 0 Å². The number of hydrogen-bond acceptors (Lipinski definition) is 16. The second-order valence-corrected chi connectivity index (χ2v) is 21.8. The lowest BCUT2D eigenvalue weighted by atomic mass is 9.99. The van der Waals surface area contributed by atoms with Gasteiger partial charge in [0.05, 0.1) is 12.5 Å². The lowest BCUT2D eigenvalue weighted by molar-refractivity contribution is -0.143. The van der Waals surface area contributed by atoms with Crippen LogP contribution in [0.4, 0.5) is 0 Å². The summed E-state index contributed by atoms with van der Waals surface area (Å²) in [6.07, 6.45) is 0.583. The van der Waals surface area contributed by atoms with Crippen molar-refractivity contribution in [3.63, 3.8) is 0 Å². The Morgan fingerprint density at radius 3 is 1.30 bits per heavy atom. The lowest BCUT2D eigenvalue weighted by Gasteiger charge is -2.28. The monoisotopic (exact) mass is 1230 g/mol. The highest BCUT2D eigenvalue weighted by Crippen LogP contribution is 2.22. The Balaban J connectivity index is 1.66. The molecule has 0 fully saturated rings. The van der Waals surface area contributed by atoms with E-state index in [1.165, 1.54) is 0 Å². The van der Waals surface area contributed by atoms with Crippen LogP contribution in [0.15, 0.2) is 60.9 Å². The molecule has 87 heavy (non-hydrogen) atoms. The van der Waals surface area contributed by atoms with Crippen molar-refractivity contribution in [3.8, 4) is 0 Å². The van der Waals surface area contributed by atoms with Crippen LogP contribution >= 0.6 is 12.6 Å². The zero-order valence-electron chi connectivity index (χ0n) is 48.6. The van der Waals surface area contributed by atoms with Gasteiger partial charge in [-0.15, -0.1) is 0 Å². The Labute approximate surface area is 506 Å². The van der Waals surface area contributed by atoms with Gasteiger partial charge in [-0.05, 0) is 100 Å². The first kappa shape index (κ1) is 70.9. The van der Waals surface area contributed by atoms with Crippen LogP contribution in [0.2, 0.25) is 0 Å². The second-order valence-electron chi connectivity index (χ2n) is 21.5. The summed E-state index contributed by atoms with van der Waals surface area (Å²) in [6, 6.07) is 0.676. The fourth-order valence-corrected chi connectivity index (χ4v) is 9.58. The van der Waals surface area contributed by atoms with Crippen molar-refractivity contribution < 1.29 is 72.9 Å². The minimum absolute atomic E-state index is 0.0261. The van der Waals surface area contributed by atoms with Crippen LogP contribution in [-0.4, -0.2) is 170 Å². The molecule has 9 atom stereocenters. The number of amides is 9. The molecule has 476 valence electrons. The molecular formula is C57H82N14O15S. The maximum absolute atomic E-state index is 14.8. The fourth-order valence-electron chi connectivity index (χ4n) is 9.42. The Bertz CT molecular complexity index is 3040. The van der Waals surface area contributed by atoms with E-state index in [4.69, 9.17) is 22.9 Å². The predicted molar refractivity (Wildman–Crippen MR) is 322 cm³/mol. The standard InChI is InChI=1S/C57H82N14O15S/c1-30(2)23-42(69-55(83)43(68-49(77)35(60)29-87)24-31-27-62-36-13-5-3-11-33(31)36)53(81)70-44(25-32-28-63-37-14-6-4-12-34(32)37)54(82)64-38(15-7-9-21-58)50(78)71-45(26-48(75)76)56(84)66-39(17-19-46(61)72)51(79)65-40(18-20-47(73)74)52(80)67-41(57(85)86)16-8-10-22-59/h3-6,11-14,27-28,30,35,38-45,62-63,87H,7-10,15-26,29,58-60H2,1-2H3,(H2,61,72)(H,64,82)(H,65,79)(H,66,84)(H,67,80)(H,68,77)(H,69,83)(H,70,81)(H,71,78)(H,73,74)(H,75,76)(H,85,86)/t35-,38-,39-,40-,41-,42-,43-,44-,45-/m0/s1. The summed E-state index contributed by atoms with van der Waals surface area (Å²) < 4.78 is 0. The molecule has 2 heterocycles. The van der Waals surface area contributed by atoms with Gasteiger partial charge in [-0.1, -0.05) is 50.2 Å². The number of nitrogens with one attached hydrogen (secondary N) is 10. The van der Waals surface area contributed by atoms with Gasteiger partial charge in [0.25, 0.3) is 0 Å². The van der Waals surface area contributed by atoms with Gasteiger partial charge in [0.15, 0.2) is 0 Å². The fraction of sp³-hybridized carbons (Fsp3) is 0.509. The number of thiol groups is 1. The van der Waals surface area contributed by atoms with Crippen LogP contribution in [0.25, 0.3) is 21.8 Å². The third kappa shape index (κ3) is 23.3. The maximum Gasteiger partial charge on any atom is 0.326 e. The number of carbonyl (C=O) groups is 12.